The Labute approximate surface area is 165 Å². The molecule has 0 heterocycles. The van der Waals surface area contributed by atoms with Crippen LogP contribution in [-0.2, 0) is 4.74 Å². The monoisotopic (exact) mass is 378 g/mol. The number of halogens is 1. The van der Waals surface area contributed by atoms with Crippen LogP contribution >= 0.6 is 11.6 Å². The summed E-state index contributed by atoms with van der Waals surface area (Å²) in [5.74, 6) is -0.375. The van der Waals surface area contributed by atoms with Crippen molar-refractivity contribution in [3.63, 3.8) is 0 Å². The molecule has 3 aromatic carbocycles. The Morgan fingerprint density at radius 1 is 0.852 bits per heavy atom. The van der Waals surface area contributed by atoms with Gasteiger partial charge in [-0.25, -0.2) is 4.79 Å². The Morgan fingerprint density at radius 2 is 1.37 bits per heavy atom. The van der Waals surface area contributed by atoms with E-state index >= 15 is 0 Å². The molecular formula is C24H23ClO2. The third-order valence-corrected chi connectivity index (χ3v) is 4.54. The second-order valence-corrected chi connectivity index (χ2v) is 7.90. The van der Waals surface area contributed by atoms with Crippen LogP contribution in [0.15, 0.2) is 78.9 Å². The summed E-state index contributed by atoms with van der Waals surface area (Å²) in [6, 6.07) is 25.9. The van der Waals surface area contributed by atoms with E-state index in [1.165, 1.54) is 0 Å². The summed E-state index contributed by atoms with van der Waals surface area (Å²) in [4.78, 5) is 12.4. The predicted molar refractivity (Wildman–Crippen MR) is 110 cm³/mol. The average molecular weight is 379 g/mol. The van der Waals surface area contributed by atoms with Gasteiger partial charge in [0.05, 0.1) is 5.56 Å². The molecule has 3 rings (SSSR count). The predicted octanol–water partition coefficient (Wildman–Crippen LogP) is 6.48. The van der Waals surface area contributed by atoms with Crippen LogP contribution in [0.3, 0.4) is 0 Å². The second-order valence-electron chi connectivity index (χ2n) is 7.49. The van der Waals surface area contributed by atoms with Crippen molar-refractivity contribution in [2.24, 2.45) is 0 Å². The second kappa shape index (κ2) is 7.98. The minimum atomic E-state index is -0.543. The Kier molecular flexibility index (Phi) is 5.67. The van der Waals surface area contributed by atoms with Crippen molar-refractivity contribution >= 4 is 17.6 Å². The molecule has 0 fully saturated rings. The van der Waals surface area contributed by atoms with Crippen LogP contribution in [0.5, 0.6) is 0 Å². The van der Waals surface area contributed by atoms with Crippen LogP contribution in [0.25, 0.3) is 0 Å². The van der Waals surface area contributed by atoms with Gasteiger partial charge in [-0.15, -0.1) is 0 Å². The molecule has 3 heteroatoms. The van der Waals surface area contributed by atoms with E-state index in [9.17, 15) is 4.79 Å². The van der Waals surface area contributed by atoms with Gasteiger partial charge in [0.15, 0.2) is 0 Å². The summed E-state index contributed by atoms with van der Waals surface area (Å²) in [7, 11) is 0. The van der Waals surface area contributed by atoms with E-state index in [4.69, 9.17) is 16.3 Å². The van der Waals surface area contributed by atoms with Crippen LogP contribution in [0, 0.1) is 0 Å². The Hall–Kier alpha value is -2.58. The number of hydrogen-bond acceptors (Lipinski definition) is 2. The summed E-state index contributed by atoms with van der Waals surface area (Å²) in [5, 5.41) is 0.552. The minimum Gasteiger partial charge on any atom is -0.456 e. The van der Waals surface area contributed by atoms with Crippen LogP contribution < -0.4 is 0 Å². The first-order valence-electron chi connectivity index (χ1n) is 8.98. The van der Waals surface area contributed by atoms with Crippen LogP contribution in [0.4, 0.5) is 0 Å². The molecule has 0 aliphatic heterocycles. The fourth-order valence-electron chi connectivity index (χ4n) is 3.07. The van der Waals surface area contributed by atoms with Crippen LogP contribution in [-0.4, -0.2) is 11.6 Å². The molecule has 138 valence electrons. The van der Waals surface area contributed by atoms with Crippen molar-refractivity contribution in [2.75, 3.05) is 0 Å². The largest absolute Gasteiger partial charge is 0.456 e. The van der Waals surface area contributed by atoms with Gasteiger partial charge in [0.2, 0.25) is 0 Å². The quantitative estimate of drug-likeness (QED) is 0.384. The van der Waals surface area contributed by atoms with Gasteiger partial charge in [0, 0.05) is 10.9 Å². The molecule has 0 aromatic heterocycles. The SMILES string of the molecule is CC(C)(C)OC(=O)c1ccc(C(c2ccccc2)c2ccccc2)c(Cl)c1. The maximum atomic E-state index is 12.4. The highest BCUT2D eigenvalue weighted by Crippen LogP contribution is 2.36. The van der Waals surface area contributed by atoms with Crippen LogP contribution in [0.2, 0.25) is 5.02 Å². The third-order valence-electron chi connectivity index (χ3n) is 4.21. The zero-order valence-electron chi connectivity index (χ0n) is 15.8. The normalized spacial score (nSPS) is 11.4. The molecule has 0 unspecified atom stereocenters. The van der Waals surface area contributed by atoms with Crippen molar-refractivity contribution in [1.82, 2.24) is 0 Å². The summed E-state index contributed by atoms with van der Waals surface area (Å²) < 4.78 is 5.45. The van der Waals surface area contributed by atoms with Crippen molar-refractivity contribution in [3.8, 4) is 0 Å². The molecule has 2 nitrogen and oxygen atoms in total. The van der Waals surface area contributed by atoms with Crippen molar-refractivity contribution in [1.29, 1.82) is 0 Å². The first-order valence-corrected chi connectivity index (χ1v) is 9.35. The van der Waals surface area contributed by atoms with E-state index in [2.05, 4.69) is 24.3 Å². The summed E-state index contributed by atoms with van der Waals surface area (Å²) >= 11 is 6.63. The zero-order valence-corrected chi connectivity index (χ0v) is 16.5. The maximum absolute atomic E-state index is 12.4. The fourth-order valence-corrected chi connectivity index (χ4v) is 3.36. The average Bonchev–Trinajstić information content (AvgIpc) is 2.63. The standard InChI is InChI=1S/C24H23ClO2/c1-24(2,3)27-23(26)19-14-15-20(21(25)16-19)22(17-10-6-4-7-11-17)18-12-8-5-9-13-18/h4-16,22H,1-3H3. The lowest BCUT2D eigenvalue weighted by Gasteiger charge is -2.22. The smallest absolute Gasteiger partial charge is 0.338 e. The molecule has 0 bridgehead atoms. The lowest BCUT2D eigenvalue weighted by atomic mass is 9.85. The van der Waals surface area contributed by atoms with Gasteiger partial charge in [0.25, 0.3) is 0 Å². The highest BCUT2D eigenvalue weighted by atomic mass is 35.5. The molecule has 0 N–H and O–H groups in total. The number of carbonyl (C=O) groups is 1. The molecule has 0 spiro atoms. The zero-order chi connectivity index (χ0) is 19.4. The van der Waals surface area contributed by atoms with Gasteiger partial charge < -0.3 is 4.74 Å². The Balaban J connectivity index is 2.02. The van der Waals surface area contributed by atoms with E-state index in [1.807, 2.05) is 63.2 Å². The van der Waals surface area contributed by atoms with Crippen molar-refractivity contribution < 1.29 is 9.53 Å². The van der Waals surface area contributed by atoms with Gasteiger partial charge in [-0.1, -0.05) is 78.3 Å². The first kappa shape index (κ1) is 19.2. The summed E-state index contributed by atoms with van der Waals surface area (Å²) in [6.07, 6.45) is 0. The number of hydrogen-bond donors (Lipinski definition) is 0. The molecule has 0 aliphatic rings. The molecule has 0 aliphatic carbocycles. The topological polar surface area (TPSA) is 26.3 Å². The Bertz CT molecular complexity index is 873. The number of benzene rings is 3. The van der Waals surface area contributed by atoms with E-state index in [0.29, 0.717) is 10.6 Å². The highest BCUT2D eigenvalue weighted by molar-refractivity contribution is 6.31. The molecule has 0 saturated heterocycles. The minimum absolute atomic E-state index is 0.00686. The summed E-state index contributed by atoms with van der Waals surface area (Å²) in [5.41, 5.74) is 3.17. The third kappa shape index (κ3) is 4.78. The van der Waals surface area contributed by atoms with E-state index in [-0.39, 0.29) is 11.9 Å². The number of esters is 1. The van der Waals surface area contributed by atoms with Crippen LogP contribution in [0.1, 0.15) is 53.7 Å². The highest BCUT2D eigenvalue weighted by Gasteiger charge is 2.22. The first-order chi connectivity index (χ1) is 12.8. The molecule has 0 atom stereocenters. The van der Waals surface area contributed by atoms with E-state index in [1.54, 1.807) is 12.1 Å². The molecular weight excluding hydrogens is 356 g/mol. The molecule has 27 heavy (non-hydrogen) atoms. The van der Waals surface area contributed by atoms with E-state index in [0.717, 1.165) is 16.7 Å². The lowest BCUT2D eigenvalue weighted by Crippen LogP contribution is -2.23. The fraction of sp³-hybridized carbons (Fsp3) is 0.208. The number of ether oxygens (including phenoxy) is 1. The number of rotatable bonds is 4. The van der Waals surface area contributed by atoms with Gasteiger partial charge >= 0.3 is 5.97 Å². The van der Waals surface area contributed by atoms with E-state index < -0.39 is 5.60 Å². The number of carbonyl (C=O) groups excluding carboxylic acids is 1. The lowest BCUT2D eigenvalue weighted by molar-refractivity contribution is 0.00695. The van der Waals surface area contributed by atoms with Gasteiger partial charge in [-0.3, -0.25) is 0 Å². The maximum Gasteiger partial charge on any atom is 0.338 e. The Morgan fingerprint density at radius 3 is 1.81 bits per heavy atom. The van der Waals surface area contributed by atoms with Gasteiger partial charge in [0.1, 0.15) is 5.60 Å². The van der Waals surface area contributed by atoms with Crippen molar-refractivity contribution in [3.05, 3.63) is 106 Å². The molecule has 0 amide bonds. The van der Waals surface area contributed by atoms with Gasteiger partial charge in [-0.05, 0) is 49.6 Å². The summed E-state index contributed by atoms with van der Waals surface area (Å²) in [6.45, 7) is 5.55. The molecule has 0 saturated carbocycles. The molecule has 3 aromatic rings. The van der Waals surface area contributed by atoms with Gasteiger partial charge in [-0.2, -0.15) is 0 Å². The van der Waals surface area contributed by atoms with Crippen molar-refractivity contribution in [2.45, 2.75) is 32.3 Å². The molecule has 0 radical (unpaired) electrons.